The Morgan fingerprint density at radius 1 is 1.25 bits per heavy atom. The van der Waals surface area contributed by atoms with Gasteiger partial charge in [-0.15, -0.1) is 0 Å². The Morgan fingerprint density at radius 3 is 2.80 bits per heavy atom. The Kier molecular flexibility index (Phi) is 3.74. The first-order valence-electron chi connectivity index (χ1n) is 6.78. The Morgan fingerprint density at radius 2 is 2.10 bits per heavy atom. The van der Waals surface area contributed by atoms with Gasteiger partial charge in [0.05, 0.1) is 12.6 Å². The number of benzene rings is 1. The molecule has 1 N–H and O–H groups in total. The van der Waals surface area contributed by atoms with E-state index >= 15 is 0 Å². The van der Waals surface area contributed by atoms with Gasteiger partial charge in [-0.25, -0.2) is 5.01 Å². The van der Waals surface area contributed by atoms with Crippen LogP contribution in [0.4, 0.5) is 0 Å². The van der Waals surface area contributed by atoms with Crippen molar-refractivity contribution < 1.29 is 4.79 Å². The monoisotopic (exact) mass is 266 g/mol. The molecule has 1 aliphatic rings. The molecule has 20 heavy (non-hydrogen) atoms. The molecule has 0 saturated carbocycles. The van der Waals surface area contributed by atoms with Crippen molar-refractivity contribution >= 4 is 5.91 Å². The van der Waals surface area contributed by atoms with Gasteiger partial charge in [-0.1, -0.05) is 30.3 Å². The molecule has 1 radical (unpaired) electrons. The van der Waals surface area contributed by atoms with Gasteiger partial charge >= 0.3 is 0 Å². The number of aromatic nitrogens is 1. The van der Waals surface area contributed by atoms with Gasteiger partial charge in [-0.2, -0.15) is 0 Å². The summed E-state index contributed by atoms with van der Waals surface area (Å²) in [5.74, 6) is 0.0287. The molecule has 2 heterocycles. The smallest absolute Gasteiger partial charge is 0.238 e. The zero-order valence-corrected chi connectivity index (χ0v) is 11.2. The molecule has 1 aromatic heterocycles. The number of hydrogen-bond acceptors (Lipinski definition) is 3. The summed E-state index contributed by atoms with van der Waals surface area (Å²) < 4.78 is 0. The molecule has 0 bridgehead atoms. The van der Waals surface area contributed by atoms with Gasteiger partial charge in [0, 0.05) is 24.8 Å². The highest BCUT2D eigenvalue weighted by atomic mass is 16.2. The number of hydrogen-bond donors (Lipinski definition) is 1. The van der Waals surface area contributed by atoms with Gasteiger partial charge in [0.2, 0.25) is 5.91 Å². The third kappa shape index (κ3) is 2.86. The summed E-state index contributed by atoms with van der Waals surface area (Å²) in [6.07, 6.45) is 6.19. The third-order valence-corrected chi connectivity index (χ3v) is 3.41. The highest BCUT2D eigenvalue weighted by molar-refractivity contribution is 5.81. The van der Waals surface area contributed by atoms with E-state index in [0.717, 1.165) is 36.2 Å². The molecule has 1 saturated heterocycles. The Hall–Kier alpha value is -2.20. The fourth-order valence-corrected chi connectivity index (χ4v) is 2.23. The molecule has 0 atom stereocenters. The predicted molar refractivity (Wildman–Crippen MR) is 76.5 cm³/mol. The van der Waals surface area contributed by atoms with Crippen LogP contribution < -0.4 is 5.43 Å². The van der Waals surface area contributed by atoms with Crippen molar-refractivity contribution in [1.82, 2.24) is 15.4 Å². The van der Waals surface area contributed by atoms with E-state index < -0.39 is 0 Å². The van der Waals surface area contributed by atoms with E-state index in [2.05, 4.69) is 16.6 Å². The van der Waals surface area contributed by atoms with Crippen LogP contribution in [0.25, 0.3) is 11.1 Å². The largest absolute Gasteiger partial charge is 0.289 e. The zero-order chi connectivity index (χ0) is 13.8. The standard InChI is InChI=1S/C16H16N3O/c20-16(18-19-9-4-10-19)11-13-5-1-2-7-15(13)14-6-3-8-17-12-14/h1-3,5-8H,4,9-11H2,(H,18,20). The summed E-state index contributed by atoms with van der Waals surface area (Å²) in [7, 11) is 0. The molecule has 0 unspecified atom stereocenters. The summed E-state index contributed by atoms with van der Waals surface area (Å²) in [6, 6.07) is 11.7. The summed E-state index contributed by atoms with van der Waals surface area (Å²) >= 11 is 0. The molecule has 1 aliphatic heterocycles. The fraction of sp³-hybridized carbons (Fsp3) is 0.250. The van der Waals surface area contributed by atoms with Gasteiger partial charge in [-0.3, -0.25) is 15.2 Å². The number of nitrogens with one attached hydrogen (secondary N) is 1. The minimum absolute atomic E-state index is 0.0287. The van der Waals surface area contributed by atoms with E-state index in [9.17, 15) is 4.79 Å². The van der Waals surface area contributed by atoms with Crippen LogP contribution in [0.15, 0.2) is 42.6 Å². The first-order valence-corrected chi connectivity index (χ1v) is 6.78. The van der Waals surface area contributed by atoms with E-state index in [1.807, 2.05) is 41.4 Å². The summed E-state index contributed by atoms with van der Waals surface area (Å²) in [5.41, 5.74) is 5.84. The summed E-state index contributed by atoms with van der Waals surface area (Å²) in [6.45, 7) is 1.90. The predicted octanol–water partition coefficient (Wildman–Crippen LogP) is 1.83. The minimum atomic E-state index is 0.0287. The molecule has 1 fully saturated rings. The van der Waals surface area contributed by atoms with Crippen molar-refractivity contribution in [1.29, 1.82) is 0 Å². The first kappa shape index (κ1) is 12.8. The SMILES string of the molecule is O=C(Cc1ccccc1-c1[c]nccc1)NN1CCC1. The van der Waals surface area contributed by atoms with E-state index in [1.54, 1.807) is 6.20 Å². The second-order valence-corrected chi connectivity index (χ2v) is 4.87. The van der Waals surface area contributed by atoms with E-state index in [4.69, 9.17) is 0 Å². The first-order chi connectivity index (χ1) is 9.83. The molecule has 2 aromatic rings. The van der Waals surface area contributed by atoms with Gasteiger partial charge in [0.15, 0.2) is 0 Å². The van der Waals surface area contributed by atoms with Crippen LogP contribution in [0.3, 0.4) is 0 Å². The summed E-state index contributed by atoms with van der Waals surface area (Å²) in [4.78, 5) is 16.0. The third-order valence-electron chi connectivity index (χ3n) is 3.41. The second kappa shape index (κ2) is 5.84. The number of nitrogens with zero attached hydrogens (tertiary/aromatic N) is 2. The molecule has 101 valence electrons. The average Bonchev–Trinajstić information content (AvgIpc) is 2.45. The van der Waals surface area contributed by atoms with Crippen LogP contribution in [0.5, 0.6) is 0 Å². The van der Waals surface area contributed by atoms with Crippen molar-refractivity contribution in [2.24, 2.45) is 0 Å². The maximum atomic E-state index is 12.0. The maximum Gasteiger partial charge on any atom is 0.238 e. The molecule has 1 amide bonds. The van der Waals surface area contributed by atoms with Crippen LogP contribution in [-0.4, -0.2) is 29.0 Å². The maximum absolute atomic E-state index is 12.0. The number of pyridine rings is 1. The fourth-order valence-electron chi connectivity index (χ4n) is 2.23. The summed E-state index contributed by atoms with van der Waals surface area (Å²) in [5, 5.41) is 1.95. The number of amides is 1. The zero-order valence-electron chi connectivity index (χ0n) is 11.2. The molecule has 3 rings (SSSR count). The van der Waals surface area contributed by atoms with Crippen LogP contribution in [-0.2, 0) is 11.2 Å². The van der Waals surface area contributed by atoms with Crippen LogP contribution >= 0.6 is 0 Å². The number of rotatable bonds is 4. The normalized spacial score (nSPS) is 14.6. The molecular formula is C16H16N3O. The van der Waals surface area contributed by atoms with E-state index in [1.165, 1.54) is 0 Å². The highest BCUT2D eigenvalue weighted by Gasteiger charge is 2.17. The molecule has 4 heteroatoms. The Labute approximate surface area is 118 Å². The quantitative estimate of drug-likeness (QED) is 0.918. The highest BCUT2D eigenvalue weighted by Crippen LogP contribution is 2.22. The lowest BCUT2D eigenvalue weighted by molar-refractivity contribution is -0.126. The molecular weight excluding hydrogens is 250 g/mol. The van der Waals surface area contributed by atoms with Crippen LogP contribution in [0, 0.1) is 6.20 Å². The van der Waals surface area contributed by atoms with Crippen LogP contribution in [0.2, 0.25) is 0 Å². The van der Waals surface area contributed by atoms with Gasteiger partial charge in [0.1, 0.15) is 0 Å². The van der Waals surface area contributed by atoms with Gasteiger partial charge in [-0.05, 0) is 23.6 Å². The second-order valence-electron chi connectivity index (χ2n) is 4.87. The molecule has 0 spiro atoms. The van der Waals surface area contributed by atoms with E-state index in [-0.39, 0.29) is 5.91 Å². The lowest BCUT2D eigenvalue weighted by Gasteiger charge is -2.30. The lowest BCUT2D eigenvalue weighted by atomic mass is 9.99. The number of carbonyl (C=O) groups is 1. The topological polar surface area (TPSA) is 45.2 Å². The number of carbonyl (C=O) groups excluding carboxylic acids is 1. The average molecular weight is 266 g/mol. The van der Waals surface area contributed by atoms with E-state index in [0.29, 0.717) is 6.42 Å². The Bertz CT molecular complexity index is 594. The van der Waals surface area contributed by atoms with Crippen molar-refractivity contribution in [2.45, 2.75) is 12.8 Å². The van der Waals surface area contributed by atoms with Gasteiger partial charge < -0.3 is 0 Å². The van der Waals surface area contributed by atoms with Crippen molar-refractivity contribution in [3.63, 3.8) is 0 Å². The van der Waals surface area contributed by atoms with Crippen molar-refractivity contribution in [2.75, 3.05) is 13.1 Å². The Balaban J connectivity index is 1.77. The van der Waals surface area contributed by atoms with Gasteiger partial charge in [0.25, 0.3) is 0 Å². The molecule has 0 aliphatic carbocycles. The van der Waals surface area contributed by atoms with Crippen molar-refractivity contribution in [3.05, 3.63) is 54.4 Å². The molecule has 4 nitrogen and oxygen atoms in total. The minimum Gasteiger partial charge on any atom is -0.289 e. The van der Waals surface area contributed by atoms with Crippen molar-refractivity contribution in [3.8, 4) is 11.1 Å². The molecule has 1 aromatic carbocycles. The van der Waals surface area contributed by atoms with Crippen LogP contribution in [0.1, 0.15) is 12.0 Å². The number of hydrazine groups is 1. The lowest BCUT2D eigenvalue weighted by Crippen LogP contribution is -2.50.